The van der Waals surface area contributed by atoms with Gasteiger partial charge in [0.2, 0.25) is 0 Å². The molecule has 0 atom stereocenters. The van der Waals surface area contributed by atoms with Gasteiger partial charge in [-0.3, -0.25) is 0 Å². The third-order valence-electron chi connectivity index (χ3n) is 0.470. The van der Waals surface area contributed by atoms with Gasteiger partial charge in [0, 0.05) is 0 Å². The molecule has 0 saturated heterocycles. The van der Waals surface area contributed by atoms with E-state index in [0.717, 1.165) is 6.42 Å². The predicted molar refractivity (Wildman–Crippen MR) is 36.5 cm³/mol. The van der Waals surface area contributed by atoms with Crippen LogP contribution in [-0.4, -0.2) is 10.6 Å². The summed E-state index contributed by atoms with van der Waals surface area (Å²) in [5.74, 6) is 0. The average molecular weight is 177 g/mol. The predicted octanol–water partition coefficient (Wildman–Crippen LogP) is 2.74. The molecule has 0 spiro atoms. The fraction of sp³-hybridized carbons (Fsp3) is 1.00. The van der Waals surface area contributed by atoms with Crippen molar-refractivity contribution in [2.45, 2.75) is 17.3 Å². The van der Waals surface area contributed by atoms with Gasteiger partial charge in [0.1, 0.15) is 0 Å². The summed E-state index contributed by atoms with van der Waals surface area (Å²) in [6.45, 7) is 2.42. The zero-order valence-electron chi connectivity index (χ0n) is 4.46. The number of rotatable bonds is 2. The van der Waals surface area contributed by atoms with Crippen LogP contribution in [0.5, 0.6) is 0 Å². The Balaban J connectivity index is 3.11. The molecule has 0 aliphatic carbocycles. The maximum atomic E-state index is 5.22. The van der Waals surface area contributed by atoms with E-state index in [1.165, 1.54) is 0 Å². The maximum Gasteiger partial charge on any atom is 0.297 e. The molecular formula is C4H7Cl3O. The Morgan fingerprint density at radius 2 is 1.88 bits per heavy atom. The van der Waals surface area contributed by atoms with Crippen molar-refractivity contribution in [3.63, 3.8) is 0 Å². The van der Waals surface area contributed by atoms with Gasteiger partial charge < -0.3 is 4.74 Å². The Morgan fingerprint density at radius 3 is 2.00 bits per heavy atom. The van der Waals surface area contributed by atoms with E-state index >= 15 is 0 Å². The summed E-state index contributed by atoms with van der Waals surface area (Å²) >= 11 is 15.7. The van der Waals surface area contributed by atoms with Crippen molar-refractivity contribution in [1.29, 1.82) is 0 Å². The minimum atomic E-state index is -1.53. The Morgan fingerprint density at radius 1 is 1.38 bits per heavy atom. The van der Waals surface area contributed by atoms with Crippen LogP contribution in [-0.2, 0) is 4.74 Å². The molecule has 0 aliphatic heterocycles. The zero-order valence-corrected chi connectivity index (χ0v) is 6.72. The molecule has 0 aromatic carbocycles. The second kappa shape index (κ2) is 3.78. The molecule has 1 nitrogen and oxygen atoms in total. The smallest absolute Gasteiger partial charge is 0.297 e. The van der Waals surface area contributed by atoms with E-state index in [4.69, 9.17) is 34.8 Å². The Hall–Kier alpha value is 0.830. The molecule has 0 amide bonds. The largest absolute Gasteiger partial charge is 0.334 e. The van der Waals surface area contributed by atoms with Crippen LogP contribution in [0.25, 0.3) is 0 Å². The van der Waals surface area contributed by atoms with Crippen LogP contribution in [0.4, 0.5) is 0 Å². The summed E-state index contributed by atoms with van der Waals surface area (Å²) in [5, 5.41) is 0. The molecule has 0 bridgehead atoms. The maximum absolute atomic E-state index is 5.22. The van der Waals surface area contributed by atoms with Crippen LogP contribution in [0.3, 0.4) is 0 Å². The fourth-order valence-electron chi connectivity index (χ4n) is 0.218. The lowest BCUT2D eigenvalue weighted by Crippen LogP contribution is -2.08. The van der Waals surface area contributed by atoms with Gasteiger partial charge in [-0.1, -0.05) is 41.7 Å². The highest BCUT2D eigenvalue weighted by molar-refractivity contribution is 6.66. The molecule has 50 valence electrons. The first-order valence-electron chi connectivity index (χ1n) is 2.27. The van der Waals surface area contributed by atoms with Crippen molar-refractivity contribution in [1.82, 2.24) is 0 Å². The highest BCUT2D eigenvalue weighted by Gasteiger charge is 2.18. The SMILES string of the molecule is CCCOC(Cl)(Cl)Cl. The Labute approximate surface area is 63.9 Å². The molecule has 0 saturated carbocycles. The Kier molecular flexibility index (Phi) is 4.17. The topological polar surface area (TPSA) is 9.23 Å². The van der Waals surface area contributed by atoms with E-state index in [-0.39, 0.29) is 0 Å². The van der Waals surface area contributed by atoms with E-state index in [9.17, 15) is 0 Å². The van der Waals surface area contributed by atoms with Gasteiger partial charge in [-0.05, 0) is 6.42 Å². The van der Waals surface area contributed by atoms with Crippen molar-refractivity contribution < 1.29 is 4.74 Å². The van der Waals surface area contributed by atoms with Gasteiger partial charge in [-0.25, -0.2) is 0 Å². The van der Waals surface area contributed by atoms with Crippen LogP contribution in [0.1, 0.15) is 13.3 Å². The standard InChI is InChI=1S/C4H7Cl3O/c1-2-3-8-4(5,6)7/h2-3H2,1H3. The monoisotopic (exact) mass is 176 g/mol. The molecule has 8 heavy (non-hydrogen) atoms. The first-order chi connectivity index (χ1) is 3.56. The summed E-state index contributed by atoms with van der Waals surface area (Å²) in [4.78, 5) is 0. The second-order valence-electron chi connectivity index (χ2n) is 1.29. The summed E-state index contributed by atoms with van der Waals surface area (Å²) in [6, 6.07) is 0. The van der Waals surface area contributed by atoms with Crippen molar-refractivity contribution in [3.8, 4) is 0 Å². The number of ether oxygens (including phenoxy) is 1. The van der Waals surface area contributed by atoms with Gasteiger partial charge in [0.15, 0.2) is 0 Å². The molecule has 0 fully saturated rings. The van der Waals surface area contributed by atoms with Crippen LogP contribution in [0, 0.1) is 0 Å². The summed E-state index contributed by atoms with van der Waals surface area (Å²) in [7, 11) is 0. The third kappa shape index (κ3) is 6.83. The molecule has 0 radical (unpaired) electrons. The van der Waals surface area contributed by atoms with E-state index < -0.39 is 3.98 Å². The zero-order chi connectivity index (χ0) is 6.62. The first-order valence-corrected chi connectivity index (χ1v) is 3.40. The fourth-order valence-corrected chi connectivity index (χ4v) is 0.449. The lowest BCUT2D eigenvalue weighted by atomic mass is 10.5. The van der Waals surface area contributed by atoms with Crippen LogP contribution in [0.15, 0.2) is 0 Å². The van der Waals surface area contributed by atoms with Crippen LogP contribution >= 0.6 is 34.8 Å². The summed E-state index contributed by atoms with van der Waals surface area (Å²) in [5.41, 5.74) is 0. The van der Waals surface area contributed by atoms with E-state index in [1.807, 2.05) is 6.92 Å². The van der Waals surface area contributed by atoms with Crippen molar-refractivity contribution in [2.24, 2.45) is 0 Å². The number of alkyl halides is 3. The molecule has 0 aromatic rings. The molecular weight excluding hydrogens is 170 g/mol. The van der Waals surface area contributed by atoms with E-state index in [0.29, 0.717) is 6.61 Å². The molecule has 0 rings (SSSR count). The van der Waals surface area contributed by atoms with E-state index in [1.54, 1.807) is 0 Å². The van der Waals surface area contributed by atoms with Crippen LogP contribution < -0.4 is 0 Å². The molecule has 0 aromatic heterocycles. The first kappa shape index (κ1) is 8.83. The Bertz CT molecular complexity index is 58.8. The number of hydrogen-bond acceptors (Lipinski definition) is 1. The van der Waals surface area contributed by atoms with Gasteiger partial charge in [-0.15, -0.1) is 0 Å². The highest BCUT2D eigenvalue weighted by Crippen LogP contribution is 2.26. The number of halogens is 3. The molecule has 0 N–H and O–H groups in total. The minimum Gasteiger partial charge on any atom is -0.334 e. The lowest BCUT2D eigenvalue weighted by molar-refractivity contribution is 0.130. The minimum absolute atomic E-state index is 0.483. The van der Waals surface area contributed by atoms with Gasteiger partial charge in [-0.2, -0.15) is 0 Å². The van der Waals surface area contributed by atoms with Gasteiger partial charge in [0.05, 0.1) is 6.61 Å². The quantitative estimate of drug-likeness (QED) is 0.590. The van der Waals surface area contributed by atoms with Crippen molar-refractivity contribution in [2.75, 3.05) is 6.61 Å². The summed E-state index contributed by atoms with van der Waals surface area (Å²) < 4.78 is 3.14. The highest BCUT2D eigenvalue weighted by atomic mass is 35.6. The van der Waals surface area contributed by atoms with Gasteiger partial charge in [0.25, 0.3) is 3.98 Å². The molecule has 0 unspecified atom stereocenters. The van der Waals surface area contributed by atoms with Gasteiger partial charge >= 0.3 is 0 Å². The molecule has 0 aliphatic rings. The summed E-state index contributed by atoms with van der Waals surface area (Å²) in [6.07, 6.45) is 0.855. The van der Waals surface area contributed by atoms with Crippen molar-refractivity contribution in [3.05, 3.63) is 0 Å². The van der Waals surface area contributed by atoms with Crippen LogP contribution in [0.2, 0.25) is 0 Å². The normalized spacial score (nSPS) is 12.0. The molecule has 0 heterocycles. The third-order valence-corrected chi connectivity index (χ3v) is 0.797. The molecule has 4 heteroatoms. The second-order valence-corrected chi connectivity index (χ2v) is 3.47. The van der Waals surface area contributed by atoms with Crippen molar-refractivity contribution >= 4 is 34.8 Å². The lowest BCUT2D eigenvalue weighted by Gasteiger charge is -2.09. The number of hydrogen-bond donors (Lipinski definition) is 0. The average Bonchev–Trinajstić information content (AvgIpc) is 1.59. The van der Waals surface area contributed by atoms with E-state index in [2.05, 4.69) is 4.74 Å².